The number of nitrogens with zero attached hydrogens (tertiary/aromatic N) is 3. The number of methoxy groups -OCH3 is 2. The number of carbonyl (C=O) groups is 3. The number of benzene rings is 2. The first kappa shape index (κ1) is 47.6. The summed E-state index contributed by atoms with van der Waals surface area (Å²) in [4.78, 5) is 53.6. The van der Waals surface area contributed by atoms with Gasteiger partial charge in [-0.1, -0.05) is 65.0 Å². The molecule has 7 N–H and O–H groups in total. The maximum Gasteiger partial charge on any atom is 0.323 e. The Morgan fingerprint density at radius 1 is 1.03 bits per heavy atom. The minimum atomic E-state index is -2.34. The highest BCUT2D eigenvalue weighted by Gasteiger charge is 2.78. The number of carbonyl (C=O) groups excluding carboxylic acids is 3. The number of hydrogen-bond acceptors (Lipinski definition) is 13. The number of anilines is 1. The molecule has 2 aromatic carbocycles. The molecule has 11 atom stereocenters. The molecule has 1 amide bonds. The highest BCUT2D eigenvalue weighted by atomic mass is 16.5. The topological polar surface area (TPSA) is 203 Å². The fraction of sp³-hybridized carbons (Fsp3) is 0.635. The SMILES string of the molecule is CCC1(O)CC2CN(CCc3c([nH]c4ccccc34)[C@@](C(=O)OC)(c3cc4c(cc3OC)N(C)[C@H]3C45CCN4CC=C[C@](CC)(C45)[C@@H](O)[C@]3(O)C(=O)NCCCOC(=O)C(N)C(C)(C)C)C2)C1. The first-order chi connectivity index (χ1) is 31.8. The van der Waals surface area contributed by atoms with Crippen LogP contribution in [0.4, 0.5) is 5.69 Å². The van der Waals surface area contributed by atoms with E-state index in [2.05, 4.69) is 32.2 Å². The minimum Gasteiger partial charge on any atom is -0.496 e. The number of para-hydroxylation sites is 1. The number of piperidine rings is 1. The van der Waals surface area contributed by atoms with E-state index in [-0.39, 0.29) is 31.5 Å². The van der Waals surface area contributed by atoms with E-state index in [4.69, 9.17) is 19.9 Å². The second kappa shape index (κ2) is 16.9. The molecule has 364 valence electrons. The molecule has 6 aliphatic rings. The molecule has 15 nitrogen and oxygen atoms in total. The number of nitrogens with one attached hydrogen (secondary N) is 2. The van der Waals surface area contributed by atoms with Gasteiger partial charge in [-0.25, -0.2) is 0 Å². The summed E-state index contributed by atoms with van der Waals surface area (Å²) in [5, 5.41) is 42.4. The molecule has 0 radical (unpaired) electrons. The third-order valence-electron chi connectivity index (χ3n) is 17.2. The Kier molecular flexibility index (Phi) is 12.0. The Hall–Kier alpha value is -4.51. The van der Waals surface area contributed by atoms with Crippen LogP contribution in [-0.2, 0) is 41.1 Å². The lowest BCUT2D eigenvalue weighted by Crippen LogP contribution is -2.81. The number of H-pyrrole nitrogens is 1. The van der Waals surface area contributed by atoms with E-state index in [1.165, 1.54) is 7.11 Å². The standard InChI is InChI=1S/C52H72N6O9/c1-9-48(63)27-31-28-51(46(62)66-8,40-33(17-22-57(29-31)30-48)32-15-11-12-16-36(32)55-40)35-25-34-37(26-38(35)65-7)56(6)43-50(34)19-23-58-21-13-18-49(10-2,42(50)58)44(60)52(43,64)45(61)54-20-14-24-67-41(59)39(53)47(3,4)5/h11-13,15-16,18,25-26,31,39,42-44,55,60,63-64H,9-10,14,17,19-24,27-30,53H2,1-8H3,(H,54,61)/t31?,39?,42?,43-,44+,48?,49+,50?,51-,52-/m0/s1. The van der Waals surface area contributed by atoms with Crippen molar-refractivity contribution in [3.8, 4) is 5.75 Å². The number of aliphatic hydroxyl groups is 3. The van der Waals surface area contributed by atoms with Gasteiger partial charge < -0.3 is 50.5 Å². The molecule has 2 saturated heterocycles. The summed E-state index contributed by atoms with van der Waals surface area (Å²) in [5.41, 5.74) is 3.81. The number of hydrogen-bond donors (Lipinski definition) is 6. The fourth-order valence-corrected chi connectivity index (χ4v) is 14.1. The molecule has 6 unspecified atom stereocenters. The van der Waals surface area contributed by atoms with E-state index in [9.17, 15) is 20.1 Å². The van der Waals surface area contributed by atoms with E-state index >= 15 is 9.59 Å². The Labute approximate surface area is 394 Å². The fourth-order valence-electron chi connectivity index (χ4n) is 14.1. The molecule has 2 bridgehead atoms. The number of amides is 1. The summed E-state index contributed by atoms with van der Waals surface area (Å²) >= 11 is 0. The molecule has 5 aliphatic heterocycles. The number of likely N-dealkylation sites (N-methyl/N-ethyl adjacent to an activating group) is 1. The van der Waals surface area contributed by atoms with Gasteiger partial charge in [0.25, 0.3) is 5.91 Å². The van der Waals surface area contributed by atoms with Crippen LogP contribution in [0, 0.1) is 16.7 Å². The second-order valence-corrected chi connectivity index (χ2v) is 21.7. The van der Waals surface area contributed by atoms with Crippen molar-refractivity contribution in [3.05, 3.63) is 70.9 Å². The maximum absolute atomic E-state index is 15.4. The van der Waals surface area contributed by atoms with E-state index in [0.717, 1.165) is 33.4 Å². The van der Waals surface area contributed by atoms with Crippen molar-refractivity contribution in [1.82, 2.24) is 20.1 Å². The van der Waals surface area contributed by atoms with Gasteiger partial charge in [0.05, 0.1) is 32.5 Å². The van der Waals surface area contributed by atoms with Crippen LogP contribution in [0.5, 0.6) is 5.75 Å². The van der Waals surface area contributed by atoms with Gasteiger partial charge in [0, 0.05) is 90.6 Å². The molecule has 1 aromatic heterocycles. The molecule has 6 heterocycles. The summed E-state index contributed by atoms with van der Waals surface area (Å²) in [6, 6.07) is 10.1. The van der Waals surface area contributed by atoms with Crippen molar-refractivity contribution in [2.75, 3.05) is 72.0 Å². The number of aromatic nitrogens is 1. The summed E-state index contributed by atoms with van der Waals surface area (Å²) in [5.74, 6) is -1.36. The van der Waals surface area contributed by atoms with Crippen LogP contribution in [0.15, 0.2) is 48.6 Å². The zero-order valence-electron chi connectivity index (χ0n) is 40.6. The summed E-state index contributed by atoms with van der Waals surface area (Å²) in [7, 11) is 4.90. The monoisotopic (exact) mass is 925 g/mol. The van der Waals surface area contributed by atoms with Crippen LogP contribution in [0.25, 0.3) is 10.9 Å². The Morgan fingerprint density at radius 3 is 2.49 bits per heavy atom. The first-order valence-electron chi connectivity index (χ1n) is 24.4. The maximum atomic E-state index is 15.4. The highest BCUT2D eigenvalue weighted by Crippen LogP contribution is 2.67. The molecule has 1 spiro atoms. The Bertz CT molecular complexity index is 2470. The molecule has 3 aromatic rings. The molecule has 3 fully saturated rings. The highest BCUT2D eigenvalue weighted by molar-refractivity contribution is 5.95. The van der Waals surface area contributed by atoms with Gasteiger partial charge in [0.2, 0.25) is 0 Å². The molecule has 67 heavy (non-hydrogen) atoms. The number of ether oxygens (including phenoxy) is 3. The lowest BCUT2D eigenvalue weighted by Gasteiger charge is -2.63. The third kappa shape index (κ3) is 6.91. The number of nitrogens with two attached hydrogens (primary N) is 1. The van der Waals surface area contributed by atoms with Crippen LogP contribution in [0.1, 0.15) is 95.5 Å². The van der Waals surface area contributed by atoms with E-state index < -0.39 is 68.9 Å². The molecule has 1 aliphatic carbocycles. The predicted molar refractivity (Wildman–Crippen MR) is 255 cm³/mol. The van der Waals surface area contributed by atoms with Crippen molar-refractivity contribution in [1.29, 1.82) is 0 Å². The van der Waals surface area contributed by atoms with E-state index in [1.54, 1.807) is 7.11 Å². The molecule has 1 saturated carbocycles. The van der Waals surface area contributed by atoms with Gasteiger partial charge in [-0.2, -0.15) is 0 Å². The number of aliphatic hydroxyl groups excluding tert-OH is 1. The first-order valence-corrected chi connectivity index (χ1v) is 24.4. The van der Waals surface area contributed by atoms with Crippen molar-refractivity contribution in [3.63, 3.8) is 0 Å². The smallest absolute Gasteiger partial charge is 0.323 e. The zero-order chi connectivity index (χ0) is 48.1. The summed E-state index contributed by atoms with van der Waals surface area (Å²) in [6.07, 6.45) is 5.84. The van der Waals surface area contributed by atoms with Crippen LogP contribution >= 0.6 is 0 Å². The van der Waals surface area contributed by atoms with Crippen LogP contribution in [0.2, 0.25) is 0 Å². The minimum absolute atomic E-state index is 0.0144. The number of aromatic amines is 1. The lowest BCUT2D eigenvalue weighted by atomic mass is 9.47. The van der Waals surface area contributed by atoms with Gasteiger partial charge in [0.1, 0.15) is 23.3 Å². The Balaban J connectivity index is 1.21. The number of fused-ring (bicyclic) bond motifs is 6. The normalized spacial score (nSPS) is 34.7. The second-order valence-electron chi connectivity index (χ2n) is 21.7. The largest absolute Gasteiger partial charge is 0.496 e. The van der Waals surface area contributed by atoms with Crippen LogP contribution in [0.3, 0.4) is 0 Å². The van der Waals surface area contributed by atoms with Crippen molar-refractivity contribution in [2.24, 2.45) is 22.5 Å². The Morgan fingerprint density at radius 2 is 1.79 bits per heavy atom. The summed E-state index contributed by atoms with van der Waals surface area (Å²) < 4.78 is 17.9. The van der Waals surface area contributed by atoms with Gasteiger partial charge in [-0.05, 0) is 86.1 Å². The summed E-state index contributed by atoms with van der Waals surface area (Å²) in [6.45, 7) is 12.9. The lowest BCUT2D eigenvalue weighted by molar-refractivity contribution is -0.203. The molecule has 15 heteroatoms. The predicted octanol–water partition coefficient (Wildman–Crippen LogP) is 3.67. The van der Waals surface area contributed by atoms with Crippen LogP contribution in [-0.4, -0.2) is 151 Å². The van der Waals surface area contributed by atoms with Gasteiger partial charge >= 0.3 is 11.9 Å². The molecular formula is C52H72N6O9. The van der Waals surface area contributed by atoms with Crippen molar-refractivity contribution >= 4 is 34.4 Å². The van der Waals surface area contributed by atoms with E-state index in [1.807, 2.05) is 83.0 Å². The average molecular weight is 925 g/mol. The quantitative estimate of drug-likeness (QED) is 0.0926. The van der Waals surface area contributed by atoms with Gasteiger partial charge in [-0.3, -0.25) is 24.2 Å². The van der Waals surface area contributed by atoms with Gasteiger partial charge in [-0.15, -0.1) is 0 Å². The molecule has 9 rings (SSSR count). The average Bonchev–Trinajstić information content (AvgIpc) is 3.97. The zero-order valence-corrected chi connectivity index (χ0v) is 40.6. The van der Waals surface area contributed by atoms with Crippen molar-refractivity contribution < 1.29 is 43.9 Å². The number of esters is 2. The number of rotatable bonds is 11. The van der Waals surface area contributed by atoms with E-state index in [0.29, 0.717) is 82.6 Å². The third-order valence-corrected chi connectivity index (χ3v) is 17.2. The van der Waals surface area contributed by atoms with Crippen molar-refractivity contribution in [2.45, 2.75) is 126 Å². The van der Waals surface area contributed by atoms with Crippen LogP contribution < -0.4 is 20.7 Å². The molecular weight excluding hydrogens is 853 g/mol. The van der Waals surface area contributed by atoms with Gasteiger partial charge in [0.15, 0.2) is 5.60 Å².